The van der Waals surface area contributed by atoms with Crippen LogP contribution in [0.25, 0.3) is 0 Å². The van der Waals surface area contributed by atoms with Crippen LogP contribution in [-0.2, 0) is 6.54 Å². The summed E-state index contributed by atoms with van der Waals surface area (Å²) in [6, 6.07) is 15.4. The minimum atomic E-state index is -0.0966. The number of nitrogens with zero attached hydrogens (tertiary/aromatic N) is 2. The largest absolute Gasteiger partial charge is 0.333 e. The van der Waals surface area contributed by atoms with E-state index in [4.69, 9.17) is 0 Å². The van der Waals surface area contributed by atoms with Gasteiger partial charge in [-0.1, -0.05) is 24.3 Å². The van der Waals surface area contributed by atoms with E-state index in [9.17, 15) is 4.79 Å². The highest BCUT2D eigenvalue weighted by molar-refractivity contribution is 7.98. The van der Waals surface area contributed by atoms with Crippen molar-refractivity contribution in [1.29, 1.82) is 0 Å². The summed E-state index contributed by atoms with van der Waals surface area (Å²) in [5, 5.41) is 2.97. The van der Waals surface area contributed by atoms with Gasteiger partial charge >= 0.3 is 0 Å². The smallest absolute Gasteiger partial charge is 0.255 e. The highest BCUT2D eigenvalue weighted by Crippen LogP contribution is 2.25. The number of carbonyl (C=O) groups is 1. The summed E-state index contributed by atoms with van der Waals surface area (Å²) in [4.78, 5) is 17.5. The van der Waals surface area contributed by atoms with Crippen LogP contribution in [0.2, 0.25) is 0 Å². The molecule has 0 fully saturated rings. The fraction of sp³-hybridized carbons (Fsp3) is 0.111. The summed E-state index contributed by atoms with van der Waals surface area (Å²) in [5.74, 6) is -0.0966. The lowest BCUT2D eigenvalue weighted by molar-refractivity contribution is 0.102. The topological polar surface area (TPSA) is 46.9 Å². The van der Waals surface area contributed by atoms with Gasteiger partial charge in [-0.25, -0.2) is 4.98 Å². The molecule has 0 unspecified atom stereocenters. The molecule has 2 aromatic carbocycles. The first-order chi connectivity index (χ1) is 11.3. The van der Waals surface area contributed by atoms with E-state index in [2.05, 4.69) is 10.3 Å². The lowest BCUT2D eigenvalue weighted by atomic mass is 10.1. The Kier molecular flexibility index (Phi) is 4.78. The SMILES string of the molecule is CSc1ccccc1NC(=O)c1ccc(Cn2ccnc2)cc1. The summed E-state index contributed by atoms with van der Waals surface area (Å²) in [7, 11) is 0. The van der Waals surface area contributed by atoms with Crippen LogP contribution in [-0.4, -0.2) is 21.7 Å². The number of aromatic nitrogens is 2. The predicted octanol–water partition coefficient (Wildman–Crippen LogP) is 3.91. The third-order valence-corrected chi connectivity index (χ3v) is 4.29. The lowest BCUT2D eigenvalue weighted by Crippen LogP contribution is -2.12. The molecule has 1 amide bonds. The molecule has 0 bridgehead atoms. The molecule has 1 aromatic heterocycles. The molecule has 0 saturated heterocycles. The minimum absolute atomic E-state index is 0.0966. The van der Waals surface area contributed by atoms with Crippen molar-refractivity contribution >= 4 is 23.4 Å². The molecule has 0 aliphatic heterocycles. The van der Waals surface area contributed by atoms with Crippen LogP contribution in [0.3, 0.4) is 0 Å². The van der Waals surface area contributed by atoms with Crippen LogP contribution in [0.15, 0.2) is 72.1 Å². The van der Waals surface area contributed by atoms with E-state index in [0.717, 1.165) is 22.7 Å². The number of hydrogen-bond acceptors (Lipinski definition) is 3. The predicted molar refractivity (Wildman–Crippen MR) is 93.9 cm³/mol. The summed E-state index contributed by atoms with van der Waals surface area (Å²) < 4.78 is 1.99. The van der Waals surface area contributed by atoms with Crippen LogP contribution in [0.5, 0.6) is 0 Å². The second-order valence-corrected chi connectivity index (χ2v) is 5.93. The van der Waals surface area contributed by atoms with Crippen LogP contribution >= 0.6 is 11.8 Å². The lowest BCUT2D eigenvalue weighted by Gasteiger charge is -2.10. The van der Waals surface area contributed by atoms with Gasteiger partial charge in [-0.15, -0.1) is 11.8 Å². The number of para-hydroxylation sites is 1. The van der Waals surface area contributed by atoms with Crippen molar-refractivity contribution < 1.29 is 4.79 Å². The van der Waals surface area contributed by atoms with Crippen LogP contribution in [0, 0.1) is 0 Å². The number of benzene rings is 2. The molecule has 23 heavy (non-hydrogen) atoms. The number of anilines is 1. The van der Waals surface area contributed by atoms with E-state index < -0.39 is 0 Å². The van der Waals surface area contributed by atoms with Gasteiger partial charge < -0.3 is 9.88 Å². The maximum atomic E-state index is 12.4. The number of rotatable bonds is 5. The second-order valence-electron chi connectivity index (χ2n) is 5.09. The number of thioether (sulfide) groups is 1. The zero-order chi connectivity index (χ0) is 16.1. The summed E-state index contributed by atoms with van der Waals surface area (Å²) in [5.41, 5.74) is 2.62. The quantitative estimate of drug-likeness (QED) is 0.724. The monoisotopic (exact) mass is 323 g/mol. The Balaban J connectivity index is 1.70. The number of amides is 1. The summed E-state index contributed by atoms with van der Waals surface area (Å²) >= 11 is 1.61. The molecule has 3 aromatic rings. The Morgan fingerprint density at radius 2 is 1.96 bits per heavy atom. The van der Waals surface area contributed by atoms with Crippen molar-refractivity contribution in [2.45, 2.75) is 11.4 Å². The standard InChI is InChI=1S/C18H17N3OS/c1-23-17-5-3-2-4-16(17)20-18(22)15-8-6-14(7-9-15)12-21-11-10-19-13-21/h2-11,13H,12H2,1H3,(H,20,22). The molecule has 0 spiro atoms. The van der Waals surface area contributed by atoms with Gasteiger partial charge in [0.15, 0.2) is 0 Å². The molecule has 4 nitrogen and oxygen atoms in total. The van der Waals surface area contributed by atoms with Gasteiger partial charge in [0.25, 0.3) is 5.91 Å². The van der Waals surface area contributed by atoms with Gasteiger partial charge in [0, 0.05) is 29.4 Å². The Hall–Kier alpha value is -2.53. The van der Waals surface area contributed by atoms with Gasteiger partial charge in [-0.3, -0.25) is 4.79 Å². The van der Waals surface area contributed by atoms with Crippen molar-refractivity contribution in [2.75, 3.05) is 11.6 Å². The van der Waals surface area contributed by atoms with Crippen molar-refractivity contribution in [3.05, 3.63) is 78.4 Å². The number of carbonyl (C=O) groups excluding carboxylic acids is 1. The van der Waals surface area contributed by atoms with Crippen molar-refractivity contribution in [3.63, 3.8) is 0 Å². The van der Waals surface area contributed by atoms with Gasteiger partial charge in [-0.2, -0.15) is 0 Å². The number of imidazole rings is 1. The van der Waals surface area contributed by atoms with Crippen molar-refractivity contribution in [3.8, 4) is 0 Å². The Labute approximate surface area is 139 Å². The van der Waals surface area contributed by atoms with Crippen LogP contribution < -0.4 is 5.32 Å². The Morgan fingerprint density at radius 3 is 2.65 bits per heavy atom. The van der Waals surface area contributed by atoms with Crippen LogP contribution in [0.4, 0.5) is 5.69 Å². The third-order valence-electron chi connectivity index (χ3n) is 3.50. The van der Waals surface area contributed by atoms with Gasteiger partial charge in [-0.05, 0) is 36.1 Å². The fourth-order valence-electron chi connectivity index (χ4n) is 2.29. The van der Waals surface area contributed by atoms with Gasteiger partial charge in [0.1, 0.15) is 0 Å². The molecular formula is C18H17N3OS. The molecule has 1 N–H and O–H groups in total. The first-order valence-electron chi connectivity index (χ1n) is 7.25. The Bertz CT molecular complexity index is 782. The van der Waals surface area contributed by atoms with E-state index >= 15 is 0 Å². The molecule has 116 valence electrons. The molecule has 0 atom stereocenters. The first kappa shape index (κ1) is 15.4. The summed E-state index contributed by atoms with van der Waals surface area (Å²) in [6.07, 6.45) is 7.45. The molecule has 0 saturated carbocycles. The molecule has 0 aliphatic rings. The molecule has 5 heteroatoms. The zero-order valence-corrected chi connectivity index (χ0v) is 13.6. The Morgan fingerprint density at radius 1 is 1.17 bits per heavy atom. The van der Waals surface area contributed by atoms with E-state index in [1.807, 2.05) is 65.6 Å². The number of nitrogens with one attached hydrogen (secondary N) is 1. The van der Waals surface area contributed by atoms with E-state index in [1.165, 1.54) is 0 Å². The number of hydrogen-bond donors (Lipinski definition) is 1. The molecule has 0 aliphatic carbocycles. The van der Waals surface area contributed by atoms with Crippen molar-refractivity contribution in [1.82, 2.24) is 9.55 Å². The highest BCUT2D eigenvalue weighted by Gasteiger charge is 2.08. The average molecular weight is 323 g/mol. The minimum Gasteiger partial charge on any atom is -0.333 e. The molecule has 1 heterocycles. The van der Waals surface area contributed by atoms with Crippen LogP contribution in [0.1, 0.15) is 15.9 Å². The van der Waals surface area contributed by atoms with Gasteiger partial charge in [0.2, 0.25) is 0 Å². The van der Waals surface area contributed by atoms with E-state index in [-0.39, 0.29) is 5.91 Å². The molecule has 0 radical (unpaired) electrons. The van der Waals surface area contributed by atoms with Gasteiger partial charge in [0.05, 0.1) is 12.0 Å². The maximum Gasteiger partial charge on any atom is 0.255 e. The second kappa shape index (κ2) is 7.15. The normalized spacial score (nSPS) is 10.5. The van der Waals surface area contributed by atoms with E-state index in [1.54, 1.807) is 24.3 Å². The maximum absolute atomic E-state index is 12.4. The summed E-state index contributed by atoms with van der Waals surface area (Å²) in [6.45, 7) is 0.747. The van der Waals surface area contributed by atoms with Crippen molar-refractivity contribution in [2.24, 2.45) is 0 Å². The first-order valence-corrected chi connectivity index (χ1v) is 8.48. The zero-order valence-electron chi connectivity index (χ0n) is 12.8. The third kappa shape index (κ3) is 3.81. The highest BCUT2D eigenvalue weighted by atomic mass is 32.2. The average Bonchev–Trinajstić information content (AvgIpc) is 3.09. The van der Waals surface area contributed by atoms with E-state index in [0.29, 0.717) is 5.56 Å². The fourth-order valence-corrected chi connectivity index (χ4v) is 2.85. The molecular weight excluding hydrogens is 306 g/mol. The molecule has 3 rings (SSSR count).